The van der Waals surface area contributed by atoms with Crippen molar-refractivity contribution in [1.82, 2.24) is 4.98 Å². The topological polar surface area (TPSA) is 62.2 Å². The summed E-state index contributed by atoms with van der Waals surface area (Å²) in [6.07, 6.45) is 1.48. The Kier molecular flexibility index (Phi) is 4.35. The lowest BCUT2D eigenvalue weighted by Crippen LogP contribution is -2.09. The highest BCUT2D eigenvalue weighted by atomic mass is 127. The summed E-state index contributed by atoms with van der Waals surface area (Å²) in [5.41, 5.74) is -0.577. The fourth-order valence-electron chi connectivity index (χ4n) is 1.62. The number of aryl methyl sites for hydroxylation is 1. The minimum Gasteiger partial charge on any atom is -0.478 e. The molecular formula is C13H8F3IN2O2. The molecule has 0 bridgehead atoms. The number of carbonyl (C=O) groups is 1. The van der Waals surface area contributed by atoms with Crippen LogP contribution < -0.4 is 5.32 Å². The first-order valence-electron chi connectivity index (χ1n) is 5.61. The number of aromatic carboxylic acids is 1. The van der Waals surface area contributed by atoms with Gasteiger partial charge in [-0.25, -0.2) is 22.9 Å². The van der Waals surface area contributed by atoms with E-state index in [1.807, 2.05) is 22.6 Å². The maximum absolute atomic E-state index is 13.8. The van der Waals surface area contributed by atoms with Crippen LogP contribution in [-0.4, -0.2) is 16.1 Å². The van der Waals surface area contributed by atoms with Gasteiger partial charge in [-0.2, -0.15) is 0 Å². The number of anilines is 2. The van der Waals surface area contributed by atoms with Crippen molar-refractivity contribution < 1.29 is 23.1 Å². The molecule has 1 aromatic carbocycles. The fraction of sp³-hybridized carbons (Fsp3) is 0.0769. The standard InChI is InChI=1S/C13H8F3IN2O2/c1-5-2-9(18-4-8(5)17)19-12-6(13(20)21)3-7(14)10(15)11(12)16/h2-4H,1H3,(H,18,19)(H,20,21). The molecule has 0 amide bonds. The Balaban J connectivity index is 2.54. The number of hydrogen-bond donors (Lipinski definition) is 2. The second-order valence-electron chi connectivity index (χ2n) is 4.16. The maximum atomic E-state index is 13.8. The van der Waals surface area contributed by atoms with Crippen molar-refractivity contribution >= 4 is 40.1 Å². The summed E-state index contributed by atoms with van der Waals surface area (Å²) in [4.78, 5) is 15.0. The van der Waals surface area contributed by atoms with Crippen molar-refractivity contribution in [3.63, 3.8) is 0 Å². The first-order chi connectivity index (χ1) is 9.81. The zero-order chi connectivity index (χ0) is 15.7. The van der Waals surface area contributed by atoms with Crippen LogP contribution in [0, 0.1) is 27.9 Å². The molecule has 4 nitrogen and oxygen atoms in total. The molecule has 21 heavy (non-hydrogen) atoms. The number of carboxylic acids is 1. The predicted molar refractivity (Wildman–Crippen MR) is 78.2 cm³/mol. The van der Waals surface area contributed by atoms with Crippen molar-refractivity contribution in [3.05, 3.63) is 50.5 Å². The van der Waals surface area contributed by atoms with E-state index in [-0.39, 0.29) is 5.82 Å². The summed E-state index contributed by atoms with van der Waals surface area (Å²) in [6, 6.07) is 1.96. The molecule has 0 aliphatic rings. The van der Waals surface area contributed by atoms with Gasteiger partial charge >= 0.3 is 5.97 Å². The van der Waals surface area contributed by atoms with Gasteiger partial charge < -0.3 is 10.4 Å². The van der Waals surface area contributed by atoms with Crippen LogP contribution in [0.4, 0.5) is 24.7 Å². The monoisotopic (exact) mass is 408 g/mol. The number of rotatable bonds is 3. The van der Waals surface area contributed by atoms with Gasteiger partial charge in [0, 0.05) is 9.77 Å². The van der Waals surface area contributed by atoms with Crippen LogP contribution >= 0.6 is 22.6 Å². The van der Waals surface area contributed by atoms with E-state index in [2.05, 4.69) is 10.3 Å². The van der Waals surface area contributed by atoms with E-state index >= 15 is 0 Å². The summed E-state index contributed by atoms with van der Waals surface area (Å²) in [5, 5.41) is 11.3. The molecule has 0 spiro atoms. The SMILES string of the molecule is Cc1cc(Nc2c(C(=O)O)cc(F)c(F)c2F)ncc1I. The Labute approximate surface area is 131 Å². The number of halogens is 4. The minimum atomic E-state index is -1.75. The van der Waals surface area contributed by atoms with Crippen LogP contribution in [0.5, 0.6) is 0 Å². The Morgan fingerprint density at radius 1 is 1.29 bits per heavy atom. The lowest BCUT2D eigenvalue weighted by atomic mass is 10.1. The Hall–Kier alpha value is -1.84. The van der Waals surface area contributed by atoms with Crippen LogP contribution in [0.3, 0.4) is 0 Å². The smallest absolute Gasteiger partial charge is 0.338 e. The molecule has 0 atom stereocenters. The van der Waals surface area contributed by atoms with Crippen LogP contribution in [0.15, 0.2) is 18.3 Å². The number of aromatic nitrogens is 1. The lowest BCUT2D eigenvalue weighted by molar-refractivity contribution is 0.0696. The third-order valence-corrected chi connectivity index (χ3v) is 3.82. The molecular weight excluding hydrogens is 400 g/mol. The van der Waals surface area contributed by atoms with Crippen molar-refractivity contribution in [3.8, 4) is 0 Å². The maximum Gasteiger partial charge on any atom is 0.338 e. The van der Waals surface area contributed by atoms with E-state index in [4.69, 9.17) is 5.11 Å². The fourth-order valence-corrected chi connectivity index (χ4v) is 1.92. The zero-order valence-corrected chi connectivity index (χ0v) is 12.7. The van der Waals surface area contributed by atoms with Gasteiger partial charge in [-0.1, -0.05) is 0 Å². The summed E-state index contributed by atoms with van der Waals surface area (Å²) in [6.45, 7) is 1.77. The molecule has 1 aromatic heterocycles. The van der Waals surface area contributed by atoms with Crippen LogP contribution in [-0.2, 0) is 0 Å². The van der Waals surface area contributed by atoms with Gasteiger partial charge in [-0.3, -0.25) is 0 Å². The van der Waals surface area contributed by atoms with Crippen molar-refractivity contribution in [2.45, 2.75) is 6.92 Å². The van der Waals surface area contributed by atoms with E-state index in [9.17, 15) is 18.0 Å². The molecule has 0 saturated heterocycles. The molecule has 0 unspecified atom stereocenters. The number of hydrogen-bond acceptors (Lipinski definition) is 3. The van der Waals surface area contributed by atoms with Gasteiger partial charge in [0.1, 0.15) is 5.82 Å². The second-order valence-corrected chi connectivity index (χ2v) is 5.32. The summed E-state index contributed by atoms with van der Waals surface area (Å²) in [7, 11) is 0. The molecule has 0 fully saturated rings. The van der Waals surface area contributed by atoms with E-state index < -0.39 is 34.7 Å². The van der Waals surface area contributed by atoms with E-state index in [0.717, 1.165) is 9.13 Å². The average molecular weight is 408 g/mol. The molecule has 0 aliphatic carbocycles. The molecule has 0 saturated carbocycles. The first kappa shape index (κ1) is 15.5. The molecule has 2 N–H and O–H groups in total. The summed E-state index contributed by atoms with van der Waals surface area (Å²) >= 11 is 2.04. The Morgan fingerprint density at radius 2 is 1.95 bits per heavy atom. The third-order valence-electron chi connectivity index (χ3n) is 2.69. The van der Waals surface area contributed by atoms with E-state index in [1.165, 1.54) is 12.3 Å². The van der Waals surface area contributed by atoms with Gasteiger partial charge in [-0.15, -0.1) is 0 Å². The van der Waals surface area contributed by atoms with Crippen LogP contribution in [0.25, 0.3) is 0 Å². The molecule has 2 aromatic rings. The van der Waals surface area contributed by atoms with Gasteiger partial charge in [0.2, 0.25) is 0 Å². The zero-order valence-electron chi connectivity index (χ0n) is 10.5. The largest absolute Gasteiger partial charge is 0.478 e. The average Bonchev–Trinajstić information content (AvgIpc) is 2.43. The van der Waals surface area contributed by atoms with Gasteiger partial charge in [0.25, 0.3) is 0 Å². The highest BCUT2D eigenvalue weighted by Crippen LogP contribution is 2.28. The summed E-state index contributed by atoms with van der Waals surface area (Å²) in [5.74, 6) is -6.38. The molecule has 1 heterocycles. The number of pyridine rings is 1. The highest BCUT2D eigenvalue weighted by molar-refractivity contribution is 14.1. The Morgan fingerprint density at radius 3 is 2.52 bits per heavy atom. The molecule has 110 valence electrons. The van der Waals surface area contributed by atoms with Crippen LogP contribution in [0.2, 0.25) is 0 Å². The second kappa shape index (κ2) is 5.88. The normalized spacial score (nSPS) is 10.5. The predicted octanol–water partition coefficient (Wildman–Crippen LogP) is 3.85. The van der Waals surface area contributed by atoms with E-state index in [0.29, 0.717) is 6.07 Å². The van der Waals surface area contributed by atoms with Gasteiger partial charge in [0.15, 0.2) is 17.5 Å². The number of nitrogens with one attached hydrogen (secondary N) is 1. The molecule has 0 aliphatic heterocycles. The molecule has 0 radical (unpaired) electrons. The van der Waals surface area contributed by atoms with Crippen molar-refractivity contribution in [2.75, 3.05) is 5.32 Å². The van der Waals surface area contributed by atoms with E-state index in [1.54, 1.807) is 6.92 Å². The minimum absolute atomic E-state index is 0.125. The van der Waals surface area contributed by atoms with Crippen molar-refractivity contribution in [1.29, 1.82) is 0 Å². The number of nitrogens with zero attached hydrogens (tertiary/aromatic N) is 1. The van der Waals surface area contributed by atoms with Gasteiger partial charge in [0.05, 0.1) is 11.3 Å². The quantitative estimate of drug-likeness (QED) is 0.599. The first-order valence-corrected chi connectivity index (χ1v) is 6.69. The summed E-state index contributed by atoms with van der Waals surface area (Å²) < 4.78 is 41.0. The lowest BCUT2D eigenvalue weighted by Gasteiger charge is -2.12. The Bertz CT molecular complexity index is 738. The number of benzene rings is 1. The number of carboxylic acid groups (broad SMARTS) is 1. The third kappa shape index (κ3) is 3.09. The molecule has 8 heteroatoms. The van der Waals surface area contributed by atoms with Crippen LogP contribution in [0.1, 0.15) is 15.9 Å². The van der Waals surface area contributed by atoms with Crippen molar-refractivity contribution in [2.24, 2.45) is 0 Å². The van der Waals surface area contributed by atoms with Gasteiger partial charge in [-0.05, 0) is 47.2 Å². The molecule has 2 rings (SSSR count). The highest BCUT2D eigenvalue weighted by Gasteiger charge is 2.23.